The number of aliphatic imine (C=N–C) groups is 1. The number of ether oxygens (including phenoxy) is 1. The van der Waals surface area contributed by atoms with Gasteiger partial charge in [0.25, 0.3) is 0 Å². The van der Waals surface area contributed by atoms with Gasteiger partial charge in [0.1, 0.15) is 0 Å². The maximum Gasteiger partial charge on any atom is 0.435 e. The summed E-state index contributed by atoms with van der Waals surface area (Å²) < 4.78 is 45.2. The van der Waals surface area contributed by atoms with E-state index >= 15 is 0 Å². The molecular weight excluding hydrogens is 478 g/mol. The number of hydrogen-bond donors (Lipinski definition) is 1. The predicted octanol–water partition coefficient (Wildman–Crippen LogP) is 2.41. The van der Waals surface area contributed by atoms with Gasteiger partial charge in [-0.05, 0) is 19.8 Å². The fraction of sp³-hybridized carbons (Fsp3) is 0.688. The molecule has 1 aliphatic heterocycles. The van der Waals surface area contributed by atoms with Crippen molar-refractivity contribution in [2.45, 2.75) is 32.5 Å². The molecule has 2 rings (SSSR count). The average molecular weight is 503 g/mol. The zero-order valence-electron chi connectivity index (χ0n) is 15.5. The van der Waals surface area contributed by atoms with Crippen LogP contribution in [0, 0.1) is 5.92 Å². The highest BCUT2D eigenvalue weighted by atomic mass is 127. The van der Waals surface area contributed by atoms with Gasteiger partial charge in [-0.25, -0.2) is 0 Å². The minimum atomic E-state index is -4.50. The van der Waals surface area contributed by atoms with Crippen LogP contribution in [0.5, 0.6) is 0 Å². The second kappa shape index (κ2) is 10.1. The monoisotopic (exact) mass is 503 g/mol. The first kappa shape index (κ1) is 23.5. The van der Waals surface area contributed by atoms with E-state index < -0.39 is 11.9 Å². The van der Waals surface area contributed by atoms with E-state index in [1.807, 2.05) is 4.90 Å². The van der Waals surface area contributed by atoms with E-state index in [-0.39, 0.29) is 48.0 Å². The Kier molecular flexibility index (Phi) is 8.82. The zero-order valence-corrected chi connectivity index (χ0v) is 17.9. The van der Waals surface area contributed by atoms with Crippen LogP contribution in [0.15, 0.2) is 11.2 Å². The molecule has 0 spiro atoms. The second-order valence-corrected chi connectivity index (χ2v) is 6.09. The molecule has 1 aromatic rings. The van der Waals surface area contributed by atoms with Crippen LogP contribution in [0.4, 0.5) is 13.2 Å². The van der Waals surface area contributed by atoms with Crippen LogP contribution < -0.4 is 5.32 Å². The molecule has 0 amide bonds. The Morgan fingerprint density at radius 2 is 2.04 bits per heavy atom. The molecule has 0 atom stereocenters. The molecule has 0 radical (unpaired) electrons. The van der Waals surface area contributed by atoms with Crippen LogP contribution >= 0.6 is 24.0 Å². The highest BCUT2D eigenvalue weighted by Gasteiger charge is 2.37. The third-order valence-corrected chi connectivity index (χ3v) is 4.24. The Hall–Kier alpha value is -1.53. The number of carbonyl (C=O) groups is 1. The summed E-state index contributed by atoms with van der Waals surface area (Å²) in [5.41, 5.74) is -0.841. The van der Waals surface area contributed by atoms with Crippen molar-refractivity contribution in [1.29, 1.82) is 0 Å². The van der Waals surface area contributed by atoms with Gasteiger partial charge < -0.3 is 15.0 Å². The first-order valence-corrected chi connectivity index (χ1v) is 8.48. The topological polar surface area (TPSA) is 71.8 Å². The molecule has 1 aromatic heterocycles. The van der Waals surface area contributed by atoms with Crippen molar-refractivity contribution in [3.8, 4) is 0 Å². The lowest BCUT2D eigenvalue weighted by Gasteiger charge is -2.33. The standard InChI is InChI=1S/C16H24F3N5O2.HI/c1-4-26-14(25)11-5-7-24(8-6-11)15(20-2)21-9-12-10-23(3)22-13(12)16(17,18)19;/h10-11H,4-9H2,1-3H3,(H,20,21);1H. The second-order valence-electron chi connectivity index (χ2n) is 6.09. The molecule has 1 saturated heterocycles. The largest absolute Gasteiger partial charge is 0.466 e. The van der Waals surface area contributed by atoms with Gasteiger partial charge in [0.2, 0.25) is 0 Å². The number of esters is 1. The molecule has 1 fully saturated rings. The van der Waals surface area contributed by atoms with Crippen molar-refractivity contribution < 1.29 is 22.7 Å². The van der Waals surface area contributed by atoms with Crippen molar-refractivity contribution in [3.63, 3.8) is 0 Å². The normalized spacial score (nSPS) is 16.1. The minimum Gasteiger partial charge on any atom is -0.466 e. The van der Waals surface area contributed by atoms with E-state index in [0.717, 1.165) is 4.68 Å². The summed E-state index contributed by atoms with van der Waals surface area (Å²) in [6, 6.07) is 0. The maximum atomic E-state index is 13.0. The van der Waals surface area contributed by atoms with Crippen LogP contribution in [0.1, 0.15) is 31.0 Å². The van der Waals surface area contributed by atoms with Crippen molar-refractivity contribution >= 4 is 35.9 Å². The SMILES string of the molecule is CCOC(=O)C1CCN(C(=NC)NCc2cn(C)nc2C(F)(F)F)CC1.I. The van der Waals surface area contributed by atoms with Crippen molar-refractivity contribution in [2.24, 2.45) is 18.0 Å². The van der Waals surface area contributed by atoms with Gasteiger partial charge in [0, 0.05) is 45.5 Å². The molecule has 0 aromatic carbocycles. The number of nitrogens with one attached hydrogen (secondary N) is 1. The predicted molar refractivity (Wildman–Crippen MR) is 105 cm³/mol. The first-order chi connectivity index (χ1) is 12.3. The molecule has 0 saturated carbocycles. The first-order valence-electron chi connectivity index (χ1n) is 8.48. The number of likely N-dealkylation sites (tertiary alicyclic amines) is 1. The van der Waals surface area contributed by atoms with Gasteiger partial charge in [-0.2, -0.15) is 18.3 Å². The summed E-state index contributed by atoms with van der Waals surface area (Å²) in [6.45, 7) is 3.26. The summed E-state index contributed by atoms with van der Waals surface area (Å²) in [5.74, 6) is 0.170. The van der Waals surface area contributed by atoms with Crippen LogP contribution in [0.2, 0.25) is 0 Å². The van der Waals surface area contributed by atoms with E-state index in [1.165, 1.54) is 13.2 Å². The number of aromatic nitrogens is 2. The molecule has 7 nitrogen and oxygen atoms in total. The Labute approximate surface area is 173 Å². The zero-order chi connectivity index (χ0) is 19.3. The number of guanidine groups is 1. The summed E-state index contributed by atoms with van der Waals surface area (Å²) >= 11 is 0. The van der Waals surface area contributed by atoms with Gasteiger partial charge in [-0.3, -0.25) is 14.5 Å². The lowest BCUT2D eigenvalue weighted by molar-refractivity contribution is -0.149. The van der Waals surface area contributed by atoms with Gasteiger partial charge in [0.05, 0.1) is 12.5 Å². The smallest absolute Gasteiger partial charge is 0.435 e. The molecule has 1 N–H and O–H groups in total. The lowest BCUT2D eigenvalue weighted by Crippen LogP contribution is -2.46. The number of carbonyl (C=O) groups excluding carboxylic acids is 1. The van der Waals surface area contributed by atoms with Gasteiger partial charge in [-0.15, -0.1) is 24.0 Å². The van der Waals surface area contributed by atoms with E-state index in [4.69, 9.17) is 4.74 Å². The minimum absolute atomic E-state index is 0. The van der Waals surface area contributed by atoms with Crippen LogP contribution in [-0.2, 0) is 29.3 Å². The number of halogens is 4. The van der Waals surface area contributed by atoms with Crippen molar-refractivity contribution in [2.75, 3.05) is 26.7 Å². The van der Waals surface area contributed by atoms with E-state index in [9.17, 15) is 18.0 Å². The average Bonchev–Trinajstić information content (AvgIpc) is 2.97. The molecule has 2 heterocycles. The van der Waals surface area contributed by atoms with E-state index in [0.29, 0.717) is 38.5 Å². The third-order valence-electron chi connectivity index (χ3n) is 4.24. The quantitative estimate of drug-likeness (QED) is 0.296. The number of nitrogens with zero attached hydrogens (tertiary/aromatic N) is 4. The highest BCUT2D eigenvalue weighted by Crippen LogP contribution is 2.30. The van der Waals surface area contributed by atoms with E-state index in [1.54, 1.807) is 14.0 Å². The number of piperidine rings is 1. The molecule has 0 unspecified atom stereocenters. The highest BCUT2D eigenvalue weighted by molar-refractivity contribution is 14.0. The molecule has 0 aliphatic carbocycles. The Morgan fingerprint density at radius 1 is 1.41 bits per heavy atom. The fourth-order valence-corrected chi connectivity index (χ4v) is 3.00. The Balaban J connectivity index is 0.00000364. The third kappa shape index (κ3) is 6.25. The summed E-state index contributed by atoms with van der Waals surface area (Å²) in [6.07, 6.45) is -1.91. The number of hydrogen-bond acceptors (Lipinski definition) is 4. The van der Waals surface area contributed by atoms with Crippen LogP contribution in [0.25, 0.3) is 0 Å². The van der Waals surface area contributed by atoms with Gasteiger partial charge >= 0.3 is 12.1 Å². The lowest BCUT2D eigenvalue weighted by atomic mass is 9.97. The van der Waals surface area contributed by atoms with Gasteiger partial charge in [0.15, 0.2) is 11.7 Å². The molecule has 0 bridgehead atoms. The van der Waals surface area contributed by atoms with Gasteiger partial charge in [-0.1, -0.05) is 0 Å². The van der Waals surface area contributed by atoms with E-state index in [2.05, 4.69) is 15.4 Å². The Morgan fingerprint density at radius 3 is 2.56 bits per heavy atom. The molecule has 27 heavy (non-hydrogen) atoms. The maximum absolute atomic E-state index is 13.0. The summed E-state index contributed by atoms with van der Waals surface area (Å²) in [7, 11) is 3.03. The summed E-state index contributed by atoms with van der Waals surface area (Å²) in [4.78, 5) is 17.9. The van der Waals surface area contributed by atoms with Crippen molar-refractivity contribution in [1.82, 2.24) is 20.0 Å². The molecular formula is C16H25F3IN5O2. The molecule has 154 valence electrons. The number of aryl methyl sites for hydroxylation is 1. The number of rotatable bonds is 4. The fourth-order valence-electron chi connectivity index (χ4n) is 3.00. The van der Waals surface area contributed by atoms with Crippen LogP contribution in [0.3, 0.4) is 0 Å². The molecule has 1 aliphatic rings. The Bertz CT molecular complexity index is 655. The van der Waals surface area contributed by atoms with Crippen LogP contribution in [-0.4, -0.2) is 53.4 Å². The number of alkyl halides is 3. The van der Waals surface area contributed by atoms with Crippen molar-refractivity contribution in [3.05, 3.63) is 17.5 Å². The molecule has 11 heteroatoms. The summed E-state index contributed by atoms with van der Waals surface area (Å²) in [5, 5.41) is 6.45.